The fourth-order valence-corrected chi connectivity index (χ4v) is 1.85. The number of nitrogens with zero attached hydrogens (tertiary/aromatic N) is 3. The summed E-state index contributed by atoms with van der Waals surface area (Å²) in [6.45, 7) is 4.47. The number of ether oxygens (including phenoxy) is 1. The second-order valence-corrected chi connectivity index (χ2v) is 4.50. The molecule has 0 amide bonds. The molecule has 0 aliphatic heterocycles. The molecule has 0 aliphatic carbocycles. The zero-order valence-corrected chi connectivity index (χ0v) is 11.7. The van der Waals surface area contributed by atoms with Crippen molar-refractivity contribution in [3.8, 4) is 0 Å². The average molecular weight is 270 g/mol. The highest BCUT2D eigenvalue weighted by molar-refractivity contribution is 5.88. The predicted octanol–water partition coefficient (Wildman–Crippen LogP) is 0.117. The molecule has 1 rings (SSSR count). The number of esters is 1. The molecule has 0 saturated heterocycles. The number of hydrogen-bond acceptors (Lipinski definition) is 6. The summed E-state index contributed by atoms with van der Waals surface area (Å²) in [7, 11) is 1.29. The molecule has 108 valence electrons. The van der Waals surface area contributed by atoms with Crippen LogP contribution in [0.25, 0.3) is 0 Å². The Hall–Kier alpha value is -1.47. The van der Waals surface area contributed by atoms with E-state index >= 15 is 0 Å². The Kier molecular flexibility index (Phi) is 5.44. The first-order valence-corrected chi connectivity index (χ1v) is 6.44. The number of aliphatic hydroxyl groups is 1. The SMILES string of the molecule is CCC(O)(CC)Cn1nnc(C(=O)OC)c1CCN. The van der Waals surface area contributed by atoms with Crippen molar-refractivity contribution in [1.82, 2.24) is 15.0 Å². The lowest BCUT2D eigenvalue weighted by Crippen LogP contribution is -2.34. The molecule has 0 fully saturated rings. The Labute approximate surface area is 112 Å². The molecule has 0 aromatic carbocycles. The maximum absolute atomic E-state index is 11.6. The van der Waals surface area contributed by atoms with Gasteiger partial charge in [0, 0.05) is 6.42 Å². The normalized spacial score (nSPS) is 11.6. The molecule has 19 heavy (non-hydrogen) atoms. The van der Waals surface area contributed by atoms with Gasteiger partial charge in [0.2, 0.25) is 0 Å². The van der Waals surface area contributed by atoms with Crippen molar-refractivity contribution >= 4 is 5.97 Å². The highest BCUT2D eigenvalue weighted by Crippen LogP contribution is 2.19. The van der Waals surface area contributed by atoms with Crippen LogP contribution >= 0.6 is 0 Å². The van der Waals surface area contributed by atoms with Crippen LogP contribution < -0.4 is 5.73 Å². The molecule has 0 unspecified atom stereocenters. The quantitative estimate of drug-likeness (QED) is 0.682. The molecule has 3 N–H and O–H groups in total. The van der Waals surface area contributed by atoms with Crippen molar-refractivity contribution in [2.75, 3.05) is 13.7 Å². The van der Waals surface area contributed by atoms with Crippen molar-refractivity contribution in [1.29, 1.82) is 0 Å². The maximum atomic E-state index is 11.6. The Morgan fingerprint density at radius 1 is 1.47 bits per heavy atom. The Morgan fingerprint density at radius 2 is 2.11 bits per heavy atom. The fourth-order valence-electron chi connectivity index (χ4n) is 1.85. The van der Waals surface area contributed by atoms with Gasteiger partial charge in [0.15, 0.2) is 5.69 Å². The monoisotopic (exact) mass is 270 g/mol. The van der Waals surface area contributed by atoms with E-state index in [-0.39, 0.29) is 5.69 Å². The van der Waals surface area contributed by atoms with E-state index < -0.39 is 11.6 Å². The van der Waals surface area contributed by atoms with Crippen LogP contribution in [0.4, 0.5) is 0 Å². The van der Waals surface area contributed by atoms with Gasteiger partial charge in [0.25, 0.3) is 0 Å². The van der Waals surface area contributed by atoms with Gasteiger partial charge >= 0.3 is 5.97 Å². The maximum Gasteiger partial charge on any atom is 0.360 e. The highest BCUT2D eigenvalue weighted by Gasteiger charge is 2.27. The third kappa shape index (κ3) is 3.51. The van der Waals surface area contributed by atoms with Crippen LogP contribution in [-0.4, -0.2) is 45.3 Å². The second kappa shape index (κ2) is 6.63. The lowest BCUT2D eigenvalue weighted by atomic mass is 9.97. The Morgan fingerprint density at radius 3 is 2.58 bits per heavy atom. The molecule has 1 aromatic rings. The van der Waals surface area contributed by atoms with Gasteiger partial charge in [-0.3, -0.25) is 0 Å². The first-order chi connectivity index (χ1) is 9.01. The highest BCUT2D eigenvalue weighted by atomic mass is 16.5. The summed E-state index contributed by atoms with van der Waals surface area (Å²) in [5, 5.41) is 18.1. The number of nitrogens with two attached hydrogens (primary N) is 1. The summed E-state index contributed by atoms with van der Waals surface area (Å²) in [5.74, 6) is -0.536. The van der Waals surface area contributed by atoms with E-state index in [9.17, 15) is 9.90 Å². The third-order valence-electron chi connectivity index (χ3n) is 3.36. The van der Waals surface area contributed by atoms with Crippen molar-refractivity contribution < 1.29 is 14.6 Å². The molecule has 0 saturated carbocycles. The van der Waals surface area contributed by atoms with E-state index in [1.807, 2.05) is 13.8 Å². The largest absolute Gasteiger partial charge is 0.464 e. The molecule has 0 spiro atoms. The summed E-state index contributed by atoms with van der Waals surface area (Å²) < 4.78 is 6.21. The topological polar surface area (TPSA) is 103 Å². The van der Waals surface area contributed by atoms with E-state index in [1.54, 1.807) is 4.68 Å². The van der Waals surface area contributed by atoms with Gasteiger partial charge in [-0.25, -0.2) is 9.48 Å². The van der Waals surface area contributed by atoms with Crippen LogP contribution in [0.3, 0.4) is 0 Å². The molecule has 0 atom stereocenters. The van der Waals surface area contributed by atoms with Crippen molar-refractivity contribution in [3.05, 3.63) is 11.4 Å². The van der Waals surface area contributed by atoms with Crippen molar-refractivity contribution in [3.63, 3.8) is 0 Å². The minimum atomic E-state index is -0.857. The number of aromatic nitrogens is 3. The van der Waals surface area contributed by atoms with Crippen LogP contribution in [0, 0.1) is 0 Å². The lowest BCUT2D eigenvalue weighted by Gasteiger charge is -2.25. The zero-order chi connectivity index (χ0) is 14.5. The molecule has 7 heteroatoms. The van der Waals surface area contributed by atoms with Crippen LogP contribution in [0.1, 0.15) is 42.9 Å². The summed E-state index contributed by atoms with van der Waals surface area (Å²) >= 11 is 0. The number of carbonyl (C=O) groups excluding carboxylic acids is 1. The lowest BCUT2D eigenvalue weighted by molar-refractivity contribution is 0.0106. The van der Waals surface area contributed by atoms with Gasteiger partial charge in [0.05, 0.1) is 24.9 Å². The molecule has 1 aromatic heterocycles. The Bertz CT molecular complexity index is 427. The second-order valence-electron chi connectivity index (χ2n) is 4.50. The molecule has 0 radical (unpaired) electrons. The van der Waals surface area contributed by atoms with Gasteiger partial charge in [-0.1, -0.05) is 19.1 Å². The number of hydrogen-bond donors (Lipinski definition) is 2. The smallest absolute Gasteiger partial charge is 0.360 e. The molecule has 0 bridgehead atoms. The van der Waals surface area contributed by atoms with E-state index in [1.165, 1.54) is 7.11 Å². The van der Waals surface area contributed by atoms with Gasteiger partial charge in [-0.05, 0) is 19.4 Å². The molecular formula is C12H22N4O3. The molecular weight excluding hydrogens is 248 g/mol. The molecule has 1 heterocycles. The summed E-state index contributed by atoms with van der Waals surface area (Å²) in [6.07, 6.45) is 1.65. The van der Waals surface area contributed by atoms with Gasteiger partial charge in [-0.2, -0.15) is 0 Å². The summed E-state index contributed by atoms with van der Waals surface area (Å²) in [5.41, 5.74) is 5.46. The van der Waals surface area contributed by atoms with Crippen molar-refractivity contribution in [2.24, 2.45) is 5.73 Å². The number of methoxy groups -OCH3 is 1. The van der Waals surface area contributed by atoms with Crippen LogP contribution in [-0.2, 0) is 17.7 Å². The average Bonchev–Trinajstić information content (AvgIpc) is 2.81. The number of rotatable bonds is 7. The molecule has 0 aliphatic rings. The van der Waals surface area contributed by atoms with Crippen molar-refractivity contribution in [2.45, 2.75) is 45.3 Å². The minimum Gasteiger partial charge on any atom is -0.464 e. The van der Waals surface area contributed by atoms with Crippen LogP contribution in [0.15, 0.2) is 0 Å². The Balaban J connectivity index is 3.07. The molecule has 7 nitrogen and oxygen atoms in total. The summed E-state index contributed by atoms with van der Waals surface area (Å²) in [6, 6.07) is 0. The first-order valence-electron chi connectivity index (χ1n) is 6.44. The minimum absolute atomic E-state index is 0.169. The predicted molar refractivity (Wildman–Crippen MR) is 69.7 cm³/mol. The standard InChI is InChI=1S/C12H22N4O3/c1-4-12(18,5-2)8-16-9(6-7-13)10(14-15-16)11(17)19-3/h18H,4-8,13H2,1-3H3. The number of carbonyl (C=O) groups is 1. The summed E-state index contributed by atoms with van der Waals surface area (Å²) in [4.78, 5) is 11.6. The van der Waals surface area contributed by atoms with E-state index in [0.717, 1.165) is 0 Å². The van der Waals surface area contributed by atoms with Gasteiger partial charge in [0.1, 0.15) is 0 Å². The van der Waals surface area contributed by atoms with Crippen LogP contribution in [0.5, 0.6) is 0 Å². The van der Waals surface area contributed by atoms with E-state index in [2.05, 4.69) is 15.0 Å². The fraction of sp³-hybridized carbons (Fsp3) is 0.750. The van der Waals surface area contributed by atoms with Crippen LogP contribution in [0.2, 0.25) is 0 Å². The van der Waals surface area contributed by atoms with Gasteiger partial charge < -0.3 is 15.6 Å². The van der Waals surface area contributed by atoms with E-state index in [4.69, 9.17) is 5.73 Å². The van der Waals surface area contributed by atoms with Gasteiger partial charge in [-0.15, -0.1) is 5.10 Å². The van der Waals surface area contributed by atoms with E-state index in [0.29, 0.717) is 38.0 Å². The third-order valence-corrected chi connectivity index (χ3v) is 3.36. The first kappa shape index (κ1) is 15.6. The zero-order valence-electron chi connectivity index (χ0n) is 11.7.